The summed E-state index contributed by atoms with van der Waals surface area (Å²) < 4.78 is 30.9. The number of anilines is 1. The van der Waals surface area contributed by atoms with E-state index in [9.17, 15) is 22.8 Å². The van der Waals surface area contributed by atoms with Gasteiger partial charge in [0.25, 0.3) is 5.91 Å². The summed E-state index contributed by atoms with van der Waals surface area (Å²) in [5.74, 6) is -1.38. The van der Waals surface area contributed by atoms with Crippen LogP contribution < -0.4 is 10.0 Å². The number of esters is 1. The Morgan fingerprint density at radius 3 is 2.65 bits per heavy atom. The summed E-state index contributed by atoms with van der Waals surface area (Å²) in [7, 11) is -2.36. The van der Waals surface area contributed by atoms with Gasteiger partial charge in [-0.05, 0) is 38.1 Å². The number of hydrogen-bond donors (Lipinski definition) is 2. The molecule has 0 spiro atoms. The minimum atomic E-state index is -3.66. The van der Waals surface area contributed by atoms with Crippen molar-refractivity contribution in [2.24, 2.45) is 0 Å². The Balaban J connectivity index is 1.90. The number of ether oxygens (including phenoxy) is 1. The summed E-state index contributed by atoms with van der Waals surface area (Å²) in [5.41, 5.74) is 0.791. The molecule has 0 bridgehead atoms. The van der Waals surface area contributed by atoms with E-state index < -0.39 is 28.5 Å². The van der Waals surface area contributed by atoms with E-state index in [0.717, 1.165) is 0 Å². The van der Waals surface area contributed by atoms with E-state index in [4.69, 9.17) is 4.74 Å². The number of benzene rings is 1. The van der Waals surface area contributed by atoms with Gasteiger partial charge in [0.1, 0.15) is 6.54 Å². The van der Waals surface area contributed by atoms with Crippen molar-refractivity contribution in [1.82, 2.24) is 9.62 Å². The number of amides is 2. The second kappa shape index (κ2) is 8.28. The normalized spacial score (nSPS) is 14.4. The first-order chi connectivity index (χ1) is 12.2. The molecule has 26 heavy (non-hydrogen) atoms. The number of nitrogens with zero attached hydrogens (tertiary/aromatic N) is 1. The fourth-order valence-corrected chi connectivity index (χ4v) is 3.49. The van der Waals surface area contributed by atoms with Crippen molar-refractivity contribution in [3.05, 3.63) is 23.8 Å². The van der Waals surface area contributed by atoms with Gasteiger partial charge >= 0.3 is 5.97 Å². The third kappa shape index (κ3) is 5.02. The molecule has 9 nitrogen and oxygen atoms in total. The molecule has 142 valence electrons. The predicted molar refractivity (Wildman–Crippen MR) is 92.8 cm³/mol. The number of sulfonamides is 1. The Bertz CT molecular complexity index is 821. The first-order valence-electron chi connectivity index (χ1n) is 8.00. The maximum absolute atomic E-state index is 11.9. The molecule has 2 rings (SSSR count). The minimum absolute atomic E-state index is 0.0438. The summed E-state index contributed by atoms with van der Waals surface area (Å²) in [4.78, 5) is 36.5. The van der Waals surface area contributed by atoms with E-state index in [-0.39, 0.29) is 23.0 Å². The lowest BCUT2D eigenvalue weighted by Gasteiger charge is -2.14. The molecule has 1 fully saturated rings. The molecule has 1 heterocycles. The van der Waals surface area contributed by atoms with Gasteiger partial charge in [-0.3, -0.25) is 14.4 Å². The fraction of sp³-hybridized carbons (Fsp3) is 0.438. The average molecular weight is 383 g/mol. The van der Waals surface area contributed by atoms with Gasteiger partial charge in [0.2, 0.25) is 15.9 Å². The van der Waals surface area contributed by atoms with Crippen molar-refractivity contribution in [2.75, 3.05) is 32.1 Å². The van der Waals surface area contributed by atoms with E-state index in [1.807, 2.05) is 0 Å². The molecule has 0 atom stereocenters. The summed E-state index contributed by atoms with van der Waals surface area (Å²) in [6, 6.07) is 4.43. The van der Waals surface area contributed by atoms with E-state index in [0.29, 0.717) is 24.9 Å². The molecule has 0 aliphatic carbocycles. The standard InChI is InChI=1S/C16H21N3O6S/c1-11-5-6-12(8-13(11)26(23,24)17-2)18-14(20)10-25-16(22)9-19-7-3-4-15(19)21/h5-6,8,17H,3-4,7,9-10H2,1-2H3,(H,18,20). The zero-order chi connectivity index (χ0) is 19.3. The summed E-state index contributed by atoms with van der Waals surface area (Å²) in [6.45, 7) is 1.44. The van der Waals surface area contributed by atoms with E-state index in [2.05, 4.69) is 10.0 Å². The lowest BCUT2D eigenvalue weighted by molar-refractivity contribution is -0.150. The highest BCUT2D eigenvalue weighted by atomic mass is 32.2. The topological polar surface area (TPSA) is 122 Å². The van der Waals surface area contributed by atoms with Crippen LogP contribution in [-0.2, 0) is 29.1 Å². The van der Waals surface area contributed by atoms with Crippen LogP contribution >= 0.6 is 0 Å². The molecular formula is C16H21N3O6S. The number of carbonyl (C=O) groups excluding carboxylic acids is 3. The highest BCUT2D eigenvalue weighted by Gasteiger charge is 2.23. The van der Waals surface area contributed by atoms with Crippen LogP contribution in [0.3, 0.4) is 0 Å². The zero-order valence-electron chi connectivity index (χ0n) is 14.6. The Morgan fingerprint density at radius 1 is 1.31 bits per heavy atom. The molecule has 2 N–H and O–H groups in total. The smallest absolute Gasteiger partial charge is 0.326 e. The van der Waals surface area contributed by atoms with Gasteiger partial charge in [-0.2, -0.15) is 0 Å². The molecule has 10 heteroatoms. The maximum Gasteiger partial charge on any atom is 0.326 e. The molecule has 1 aromatic carbocycles. The first-order valence-corrected chi connectivity index (χ1v) is 9.48. The Morgan fingerprint density at radius 2 is 2.04 bits per heavy atom. The Kier molecular flexibility index (Phi) is 6.32. The van der Waals surface area contributed by atoms with Crippen LogP contribution in [0.25, 0.3) is 0 Å². The highest BCUT2D eigenvalue weighted by molar-refractivity contribution is 7.89. The van der Waals surface area contributed by atoms with Crippen LogP contribution in [0.1, 0.15) is 18.4 Å². The summed E-state index contributed by atoms with van der Waals surface area (Å²) in [5, 5.41) is 2.47. The lowest BCUT2D eigenvalue weighted by Crippen LogP contribution is -2.33. The Hall–Kier alpha value is -2.46. The summed E-state index contributed by atoms with van der Waals surface area (Å²) in [6.07, 6.45) is 1.12. The van der Waals surface area contributed by atoms with Crippen molar-refractivity contribution < 1.29 is 27.5 Å². The third-order valence-corrected chi connectivity index (χ3v) is 5.44. The number of hydrogen-bond acceptors (Lipinski definition) is 6. The van der Waals surface area contributed by atoms with Crippen LogP contribution in [0.2, 0.25) is 0 Å². The molecule has 1 saturated heterocycles. The van der Waals surface area contributed by atoms with Gasteiger partial charge in [0.15, 0.2) is 6.61 Å². The van der Waals surface area contributed by atoms with E-state index in [1.165, 1.54) is 18.0 Å². The quantitative estimate of drug-likeness (QED) is 0.640. The van der Waals surface area contributed by atoms with Gasteiger partial charge in [-0.15, -0.1) is 0 Å². The van der Waals surface area contributed by atoms with Crippen molar-refractivity contribution in [3.8, 4) is 0 Å². The number of likely N-dealkylation sites (tertiary alicyclic amines) is 1. The SMILES string of the molecule is CNS(=O)(=O)c1cc(NC(=O)COC(=O)CN2CCCC2=O)ccc1C. The third-order valence-electron chi connectivity index (χ3n) is 3.89. The van der Waals surface area contributed by atoms with Crippen LogP contribution in [-0.4, -0.2) is 57.8 Å². The number of aryl methyl sites for hydroxylation is 1. The van der Waals surface area contributed by atoms with E-state index in [1.54, 1.807) is 19.1 Å². The van der Waals surface area contributed by atoms with Gasteiger partial charge in [0.05, 0.1) is 4.90 Å². The molecule has 1 aromatic rings. The molecule has 2 amide bonds. The van der Waals surface area contributed by atoms with Crippen molar-refractivity contribution in [1.29, 1.82) is 0 Å². The van der Waals surface area contributed by atoms with Crippen molar-refractivity contribution in [3.63, 3.8) is 0 Å². The van der Waals surface area contributed by atoms with E-state index >= 15 is 0 Å². The molecule has 0 aromatic heterocycles. The van der Waals surface area contributed by atoms with Crippen LogP contribution in [0, 0.1) is 6.92 Å². The number of rotatable bonds is 7. The lowest BCUT2D eigenvalue weighted by atomic mass is 10.2. The molecule has 0 unspecified atom stereocenters. The van der Waals surface area contributed by atoms with Gasteiger partial charge < -0.3 is 15.0 Å². The molecular weight excluding hydrogens is 362 g/mol. The van der Waals surface area contributed by atoms with Crippen LogP contribution in [0.15, 0.2) is 23.1 Å². The molecule has 0 saturated carbocycles. The molecule has 0 radical (unpaired) electrons. The highest BCUT2D eigenvalue weighted by Crippen LogP contribution is 2.19. The Labute approximate surface area is 151 Å². The zero-order valence-corrected chi connectivity index (χ0v) is 15.4. The second-order valence-corrected chi connectivity index (χ2v) is 7.67. The fourth-order valence-electron chi connectivity index (χ4n) is 2.49. The van der Waals surface area contributed by atoms with Gasteiger partial charge in [-0.25, -0.2) is 13.1 Å². The number of nitrogens with one attached hydrogen (secondary N) is 2. The first kappa shape index (κ1) is 19.9. The van der Waals surface area contributed by atoms with Gasteiger partial charge in [0, 0.05) is 18.7 Å². The minimum Gasteiger partial charge on any atom is -0.454 e. The largest absolute Gasteiger partial charge is 0.454 e. The second-order valence-electron chi connectivity index (χ2n) is 5.82. The average Bonchev–Trinajstić information content (AvgIpc) is 2.99. The molecule has 1 aliphatic heterocycles. The van der Waals surface area contributed by atoms with Gasteiger partial charge in [-0.1, -0.05) is 6.07 Å². The van der Waals surface area contributed by atoms with Crippen LogP contribution in [0.4, 0.5) is 5.69 Å². The summed E-state index contributed by atoms with van der Waals surface area (Å²) >= 11 is 0. The predicted octanol–water partition coefficient (Wildman–Crippen LogP) is 0.00722. The molecule has 1 aliphatic rings. The number of carbonyl (C=O) groups is 3. The van der Waals surface area contributed by atoms with Crippen molar-refractivity contribution in [2.45, 2.75) is 24.7 Å². The van der Waals surface area contributed by atoms with Crippen LogP contribution in [0.5, 0.6) is 0 Å². The maximum atomic E-state index is 11.9. The monoisotopic (exact) mass is 383 g/mol. The van der Waals surface area contributed by atoms with Crippen molar-refractivity contribution >= 4 is 33.5 Å².